The molecule has 3 N–H and O–H groups in total. The smallest absolute Gasteiger partial charge is 0.416 e. The molecule has 1 aliphatic rings. The number of benzene rings is 1. The summed E-state index contributed by atoms with van der Waals surface area (Å²) in [5.41, 5.74) is -0.0681. The van der Waals surface area contributed by atoms with E-state index in [9.17, 15) is 18.0 Å². The Balaban J connectivity index is 1.57. The van der Waals surface area contributed by atoms with Gasteiger partial charge in [0.1, 0.15) is 18.1 Å². The van der Waals surface area contributed by atoms with E-state index in [1.807, 2.05) is 0 Å². The molecule has 25 heavy (non-hydrogen) atoms. The summed E-state index contributed by atoms with van der Waals surface area (Å²) in [4.78, 5) is 12.1. The van der Waals surface area contributed by atoms with Gasteiger partial charge in [0.15, 0.2) is 0 Å². The van der Waals surface area contributed by atoms with Gasteiger partial charge in [-0.05, 0) is 37.2 Å². The highest BCUT2D eigenvalue weighted by Gasteiger charge is 2.30. The first-order valence-electron chi connectivity index (χ1n) is 7.78. The third-order valence-electron chi connectivity index (χ3n) is 3.81. The van der Waals surface area contributed by atoms with Gasteiger partial charge in [-0.3, -0.25) is 9.89 Å². The van der Waals surface area contributed by atoms with Gasteiger partial charge in [-0.1, -0.05) is 6.07 Å². The number of alkyl halides is 3. The summed E-state index contributed by atoms with van der Waals surface area (Å²) in [6.07, 6.45) is -3.56. The van der Waals surface area contributed by atoms with Crippen molar-refractivity contribution in [1.82, 2.24) is 20.8 Å². The molecular weight excluding hydrogens is 337 g/mol. The molecule has 0 aliphatic carbocycles. The Labute approximate surface area is 141 Å². The summed E-state index contributed by atoms with van der Waals surface area (Å²) in [6, 6.07) is 6.21. The largest absolute Gasteiger partial charge is 0.487 e. The normalized spacial score (nSPS) is 17.5. The maximum atomic E-state index is 12.7. The number of amides is 1. The van der Waals surface area contributed by atoms with Crippen LogP contribution in [-0.2, 0) is 12.8 Å². The Kier molecular flexibility index (Phi) is 4.93. The Bertz CT molecular complexity index is 739. The quantitative estimate of drug-likeness (QED) is 0.768. The van der Waals surface area contributed by atoms with Gasteiger partial charge in [0.05, 0.1) is 11.3 Å². The zero-order chi connectivity index (χ0) is 17.9. The van der Waals surface area contributed by atoms with Crippen molar-refractivity contribution in [1.29, 1.82) is 0 Å². The van der Waals surface area contributed by atoms with Crippen LogP contribution in [0.25, 0.3) is 0 Å². The lowest BCUT2D eigenvalue weighted by molar-refractivity contribution is -0.137. The molecule has 6 nitrogen and oxygen atoms in total. The SMILES string of the molecule is O=C(NC1CCNC1)c1cc(COc2cccc(C(F)(F)F)c2)[nH]n1. The molecule has 1 aromatic carbocycles. The van der Waals surface area contributed by atoms with Crippen molar-refractivity contribution in [2.75, 3.05) is 13.1 Å². The van der Waals surface area contributed by atoms with Crippen LogP contribution in [0.3, 0.4) is 0 Å². The first kappa shape index (κ1) is 17.3. The molecule has 2 heterocycles. The van der Waals surface area contributed by atoms with Gasteiger partial charge >= 0.3 is 6.18 Å². The molecule has 0 radical (unpaired) electrons. The van der Waals surface area contributed by atoms with Crippen LogP contribution in [0.1, 0.15) is 28.2 Å². The van der Waals surface area contributed by atoms with E-state index in [2.05, 4.69) is 20.8 Å². The van der Waals surface area contributed by atoms with Crippen LogP contribution in [0.4, 0.5) is 13.2 Å². The molecule has 134 valence electrons. The molecule has 1 fully saturated rings. The lowest BCUT2D eigenvalue weighted by Crippen LogP contribution is -2.36. The molecule has 0 spiro atoms. The minimum atomic E-state index is -4.42. The van der Waals surface area contributed by atoms with Crippen molar-refractivity contribution in [2.24, 2.45) is 0 Å². The average Bonchev–Trinajstić information content (AvgIpc) is 3.24. The lowest BCUT2D eigenvalue weighted by atomic mass is 10.2. The van der Waals surface area contributed by atoms with E-state index < -0.39 is 11.7 Å². The Hall–Kier alpha value is -2.55. The van der Waals surface area contributed by atoms with Gasteiger partial charge in [0, 0.05) is 12.6 Å². The van der Waals surface area contributed by atoms with Crippen molar-refractivity contribution < 1.29 is 22.7 Å². The van der Waals surface area contributed by atoms with Crippen molar-refractivity contribution >= 4 is 5.91 Å². The molecule has 2 aromatic rings. The summed E-state index contributed by atoms with van der Waals surface area (Å²) >= 11 is 0. The zero-order valence-corrected chi connectivity index (χ0v) is 13.2. The fourth-order valence-electron chi connectivity index (χ4n) is 2.51. The number of carbonyl (C=O) groups is 1. The van der Waals surface area contributed by atoms with E-state index in [-0.39, 0.29) is 30.0 Å². The summed E-state index contributed by atoms with van der Waals surface area (Å²) < 4.78 is 43.4. The van der Waals surface area contributed by atoms with E-state index >= 15 is 0 Å². The number of nitrogens with zero attached hydrogens (tertiary/aromatic N) is 1. The Morgan fingerprint density at radius 2 is 2.20 bits per heavy atom. The number of hydrogen-bond acceptors (Lipinski definition) is 4. The Morgan fingerprint density at radius 3 is 2.92 bits per heavy atom. The van der Waals surface area contributed by atoms with Crippen molar-refractivity contribution in [3.05, 3.63) is 47.3 Å². The van der Waals surface area contributed by atoms with Crippen molar-refractivity contribution in [3.8, 4) is 5.75 Å². The number of hydrogen-bond donors (Lipinski definition) is 3. The topological polar surface area (TPSA) is 79.0 Å². The summed E-state index contributed by atoms with van der Waals surface area (Å²) in [7, 11) is 0. The van der Waals surface area contributed by atoms with Crippen LogP contribution >= 0.6 is 0 Å². The number of aromatic nitrogens is 2. The van der Waals surface area contributed by atoms with Gasteiger partial charge in [-0.15, -0.1) is 0 Å². The molecule has 0 bridgehead atoms. The third-order valence-corrected chi connectivity index (χ3v) is 3.81. The highest BCUT2D eigenvalue weighted by atomic mass is 19.4. The number of nitrogens with one attached hydrogen (secondary N) is 3. The first-order valence-corrected chi connectivity index (χ1v) is 7.78. The molecule has 1 atom stereocenters. The fourth-order valence-corrected chi connectivity index (χ4v) is 2.51. The Morgan fingerprint density at radius 1 is 1.36 bits per heavy atom. The van der Waals surface area contributed by atoms with E-state index in [1.54, 1.807) is 0 Å². The molecule has 0 saturated carbocycles. The first-order chi connectivity index (χ1) is 11.9. The van der Waals surface area contributed by atoms with Crippen molar-refractivity contribution in [3.63, 3.8) is 0 Å². The molecule has 1 unspecified atom stereocenters. The predicted molar refractivity (Wildman–Crippen MR) is 83.1 cm³/mol. The second-order valence-corrected chi connectivity index (χ2v) is 5.76. The molecule has 1 saturated heterocycles. The highest BCUT2D eigenvalue weighted by molar-refractivity contribution is 5.92. The number of carbonyl (C=O) groups excluding carboxylic acids is 1. The van der Waals surface area contributed by atoms with E-state index in [4.69, 9.17) is 4.74 Å². The van der Waals surface area contributed by atoms with E-state index in [1.165, 1.54) is 18.2 Å². The number of ether oxygens (including phenoxy) is 1. The van der Waals surface area contributed by atoms with Crippen LogP contribution in [0.2, 0.25) is 0 Å². The molecule has 1 aliphatic heterocycles. The summed E-state index contributed by atoms with van der Waals surface area (Å²) in [6.45, 7) is 1.57. The minimum Gasteiger partial charge on any atom is -0.487 e. The second-order valence-electron chi connectivity index (χ2n) is 5.76. The van der Waals surface area contributed by atoms with Gasteiger partial charge in [0.2, 0.25) is 0 Å². The molecule has 3 rings (SSSR count). The standard InChI is InChI=1S/C16H17F3N4O2/c17-16(18,19)10-2-1-3-13(6-10)25-9-12-7-14(23-22-12)15(24)21-11-4-5-20-8-11/h1-3,6-7,11,20H,4-5,8-9H2,(H,21,24)(H,22,23). The van der Waals surface area contributed by atoms with Crippen LogP contribution in [0.5, 0.6) is 5.75 Å². The zero-order valence-electron chi connectivity index (χ0n) is 13.2. The van der Waals surface area contributed by atoms with Gasteiger partial charge in [-0.2, -0.15) is 18.3 Å². The molecular formula is C16H17F3N4O2. The van der Waals surface area contributed by atoms with E-state index in [0.717, 1.165) is 31.6 Å². The van der Waals surface area contributed by atoms with Gasteiger partial charge in [-0.25, -0.2) is 0 Å². The summed E-state index contributed by atoms with van der Waals surface area (Å²) in [5, 5.41) is 12.6. The molecule has 1 amide bonds. The molecule has 1 aromatic heterocycles. The second kappa shape index (κ2) is 7.14. The van der Waals surface area contributed by atoms with Gasteiger partial charge < -0.3 is 15.4 Å². The van der Waals surface area contributed by atoms with Crippen molar-refractivity contribution in [2.45, 2.75) is 25.2 Å². The minimum absolute atomic E-state index is 0.0213. The average molecular weight is 354 g/mol. The number of rotatable bonds is 5. The fraction of sp³-hybridized carbons (Fsp3) is 0.375. The number of halogens is 3. The predicted octanol–water partition coefficient (Wildman–Crippen LogP) is 2.10. The summed E-state index contributed by atoms with van der Waals surface area (Å²) in [5.74, 6) is -0.206. The van der Waals surface area contributed by atoms with Crippen LogP contribution in [0, 0.1) is 0 Å². The maximum absolute atomic E-state index is 12.7. The van der Waals surface area contributed by atoms with E-state index in [0.29, 0.717) is 5.69 Å². The third kappa shape index (κ3) is 4.50. The highest BCUT2D eigenvalue weighted by Crippen LogP contribution is 2.31. The van der Waals surface area contributed by atoms with Crippen LogP contribution in [0.15, 0.2) is 30.3 Å². The van der Waals surface area contributed by atoms with Gasteiger partial charge in [0.25, 0.3) is 5.91 Å². The number of aromatic amines is 1. The monoisotopic (exact) mass is 354 g/mol. The van der Waals surface area contributed by atoms with Crippen LogP contribution in [-0.4, -0.2) is 35.2 Å². The molecule has 9 heteroatoms. The van der Waals surface area contributed by atoms with Crippen LogP contribution < -0.4 is 15.4 Å². The number of H-pyrrole nitrogens is 1. The maximum Gasteiger partial charge on any atom is 0.416 e. The lowest BCUT2D eigenvalue weighted by Gasteiger charge is -2.09.